The lowest BCUT2D eigenvalue weighted by Crippen LogP contribution is -2.45. The molecule has 1 saturated heterocycles. The predicted molar refractivity (Wildman–Crippen MR) is 115 cm³/mol. The molecule has 3 aliphatic carbocycles. The van der Waals surface area contributed by atoms with E-state index in [2.05, 4.69) is 30.3 Å². The number of rotatable bonds is 5. The van der Waals surface area contributed by atoms with Gasteiger partial charge >= 0.3 is 6.09 Å². The van der Waals surface area contributed by atoms with Crippen LogP contribution in [0.25, 0.3) is 0 Å². The molecule has 1 amide bonds. The highest BCUT2D eigenvalue weighted by Crippen LogP contribution is 2.48. The molecule has 4 nitrogen and oxygen atoms in total. The molecular weight excluding hydrogens is 374 g/mol. The molecule has 4 heteroatoms. The van der Waals surface area contributed by atoms with Crippen LogP contribution in [0.15, 0.2) is 72.4 Å². The van der Waals surface area contributed by atoms with E-state index in [1.54, 1.807) is 6.92 Å². The van der Waals surface area contributed by atoms with E-state index in [-0.39, 0.29) is 41.6 Å². The Hall–Kier alpha value is -2.88. The zero-order chi connectivity index (χ0) is 20.7. The van der Waals surface area contributed by atoms with E-state index in [0.717, 1.165) is 25.0 Å². The predicted octanol–water partition coefficient (Wildman–Crippen LogP) is 5.16. The quantitative estimate of drug-likeness (QED) is 0.695. The molecule has 6 rings (SSSR count). The molecule has 1 saturated carbocycles. The summed E-state index contributed by atoms with van der Waals surface area (Å²) in [5.41, 5.74) is 3.44. The van der Waals surface area contributed by atoms with E-state index < -0.39 is 0 Å². The molecule has 2 bridgehead atoms. The number of ketones is 1. The third kappa shape index (κ3) is 3.24. The summed E-state index contributed by atoms with van der Waals surface area (Å²) in [5.74, 6) is 0.895. The molecule has 30 heavy (non-hydrogen) atoms. The van der Waals surface area contributed by atoms with E-state index in [0.29, 0.717) is 6.61 Å². The van der Waals surface area contributed by atoms with Crippen LogP contribution in [0.2, 0.25) is 0 Å². The van der Waals surface area contributed by atoms with Crippen LogP contribution in [0, 0.1) is 17.8 Å². The average molecular weight is 402 g/mol. The molecule has 0 radical (unpaired) electrons. The maximum Gasteiger partial charge on any atom is 0.414 e. The van der Waals surface area contributed by atoms with E-state index in [9.17, 15) is 9.59 Å². The number of Topliss-reactive ketones (excluding diaryl/α,β-unsaturated/α-hetero) is 1. The number of benzene rings is 2. The highest BCUT2D eigenvalue weighted by atomic mass is 16.6. The number of fused-ring (bicyclic) bond motifs is 2. The highest BCUT2D eigenvalue weighted by molar-refractivity contribution is 5.80. The number of allylic oxidation sites excluding steroid dienone is 2. The highest BCUT2D eigenvalue weighted by Gasteiger charge is 2.47. The lowest BCUT2D eigenvalue weighted by molar-refractivity contribution is -0.123. The van der Waals surface area contributed by atoms with Crippen LogP contribution < -0.4 is 0 Å². The minimum absolute atomic E-state index is 0.0313. The first-order valence-corrected chi connectivity index (χ1v) is 10.9. The Balaban J connectivity index is 1.55. The third-order valence-electron chi connectivity index (χ3n) is 7.12. The number of carbonyl (C=O) groups excluding carboxylic acids is 2. The summed E-state index contributed by atoms with van der Waals surface area (Å²) in [5, 5.41) is 0. The molecular formula is C26H27NO3. The summed E-state index contributed by atoms with van der Waals surface area (Å²) in [6, 6.07) is 20.7. The van der Waals surface area contributed by atoms with Crippen molar-refractivity contribution in [2.24, 2.45) is 17.8 Å². The molecule has 2 aromatic carbocycles. The Kier molecular flexibility index (Phi) is 4.93. The first-order valence-electron chi connectivity index (χ1n) is 10.9. The molecule has 1 heterocycles. The van der Waals surface area contributed by atoms with Crippen molar-refractivity contribution < 1.29 is 14.3 Å². The molecule has 0 spiro atoms. The van der Waals surface area contributed by atoms with E-state index in [1.807, 2.05) is 41.3 Å². The number of cyclic esters (lactones) is 1. The van der Waals surface area contributed by atoms with Crippen LogP contribution in [0.3, 0.4) is 0 Å². The monoisotopic (exact) mass is 401 g/mol. The van der Waals surface area contributed by atoms with Gasteiger partial charge < -0.3 is 4.74 Å². The molecule has 154 valence electrons. The second-order valence-corrected chi connectivity index (χ2v) is 8.80. The Morgan fingerprint density at radius 1 is 1.00 bits per heavy atom. The Bertz CT molecular complexity index is 929. The first kappa shape index (κ1) is 19.1. The fourth-order valence-corrected chi connectivity index (χ4v) is 5.70. The number of carbonyl (C=O) groups is 2. The Morgan fingerprint density at radius 2 is 1.63 bits per heavy atom. The van der Waals surface area contributed by atoms with Gasteiger partial charge in [-0.3, -0.25) is 9.69 Å². The molecule has 4 aliphatic rings. The van der Waals surface area contributed by atoms with E-state index >= 15 is 0 Å². The number of hydrogen-bond acceptors (Lipinski definition) is 3. The minimum Gasteiger partial charge on any atom is -0.447 e. The van der Waals surface area contributed by atoms with Gasteiger partial charge in [0.25, 0.3) is 0 Å². The van der Waals surface area contributed by atoms with Gasteiger partial charge in [-0.15, -0.1) is 0 Å². The zero-order valence-electron chi connectivity index (χ0n) is 17.2. The zero-order valence-corrected chi connectivity index (χ0v) is 17.2. The minimum atomic E-state index is -0.255. The maximum absolute atomic E-state index is 12.9. The van der Waals surface area contributed by atoms with E-state index in [4.69, 9.17) is 4.74 Å². The number of hydrogen-bond donors (Lipinski definition) is 0. The van der Waals surface area contributed by atoms with Crippen molar-refractivity contribution in [1.29, 1.82) is 0 Å². The van der Waals surface area contributed by atoms with Gasteiger partial charge in [0.15, 0.2) is 0 Å². The number of ether oxygens (including phenoxy) is 1. The summed E-state index contributed by atoms with van der Waals surface area (Å²) < 4.78 is 5.62. The Labute approximate surface area is 177 Å². The fraction of sp³-hybridized carbons (Fsp3) is 0.385. The number of nitrogens with zero attached hydrogens (tertiary/aromatic N) is 1. The fourth-order valence-electron chi connectivity index (χ4n) is 5.70. The van der Waals surface area contributed by atoms with Crippen LogP contribution in [0.1, 0.15) is 43.2 Å². The summed E-state index contributed by atoms with van der Waals surface area (Å²) >= 11 is 0. The number of amides is 1. The SMILES string of the molecule is CC(=O)[C@H]1C[C@@H]2CC[C@H]1C=C2N1C(=O)OC[C@H]1C(c1ccccc1)c1ccccc1. The second-order valence-electron chi connectivity index (χ2n) is 8.80. The normalized spacial score (nSPS) is 27.9. The Morgan fingerprint density at radius 3 is 2.17 bits per heavy atom. The summed E-state index contributed by atoms with van der Waals surface area (Å²) in [6.45, 7) is 2.07. The average Bonchev–Trinajstić information content (AvgIpc) is 3.16. The summed E-state index contributed by atoms with van der Waals surface area (Å²) in [6.07, 6.45) is 4.88. The molecule has 0 N–H and O–H groups in total. The lowest BCUT2D eigenvalue weighted by atomic mass is 9.66. The standard InChI is InChI=1S/C26H27NO3/c1-17(28)22-14-21-13-12-20(22)15-23(21)27-24(16-30-26(27)29)25(18-8-4-2-5-9-18)19-10-6-3-7-11-19/h2-11,15,20-22,24-25H,12-14,16H2,1H3/t20-,21-,22+,24-/m0/s1. The van der Waals surface area contributed by atoms with Gasteiger partial charge in [0.1, 0.15) is 12.4 Å². The van der Waals surface area contributed by atoms with Gasteiger partial charge in [-0.1, -0.05) is 66.7 Å². The topological polar surface area (TPSA) is 46.6 Å². The van der Waals surface area contributed by atoms with Gasteiger partial charge in [-0.05, 0) is 49.1 Å². The molecule has 2 aromatic rings. The van der Waals surface area contributed by atoms with Crippen molar-refractivity contribution in [2.45, 2.75) is 38.1 Å². The van der Waals surface area contributed by atoms with Crippen molar-refractivity contribution >= 4 is 11.9 Å². The molecule has 0 aromatic heterocycles. The van der Waals surface area contributed by atoms with Gasteiger partial charge in [0.2, 0.25) is 0 Å². The molecule has 1 aliphatic heterocycles. The van der Waals surface area contributed by atoms with Gasteiger partial charge in [-0.2, -0.15) is 0 Å². The van der Waals surface area contributed by atoms with Crippen molar-refractivity contribution in [3.05, 3.63) is 83.6 Å². The molecule has 2 fully saturated rings. The third-order valence-corrected chi connectivity index (χ3v) is 7.12. The summed E-state index contributed by atoms with van der Waals surface area (Å²) in [4.78, 5) is 26.9. The van der Waals surface area contributed by atoms with E-state index in [1.165, 1.54) is 11.1 Å². The van der Waals surface area contributed by atoms with Crippen LogP contribution in [-0.2, 0) is 9.53 Å². The second kappa shape index (κ2) is 7.75. The summed E-state index contributed by atoms with van der Waals surface area (Å²) in [7, 11) is 0. The lowest BCUT2D eigenvalue weighted by Gasteiger charge is -2.44. The van der Waals surface area contributed by atoms with Crippen LogP contribution in [0.5, 0.6) is 0 Å². The van der Waals surface area contributed by atoms with Crippen LogP contribution in [-0.4, -0.2) is 29.4 Å². The van der Waals surface area contributed by atoms with Crippen molar-refractivity contribution in [3.63, 3.8) is 0 Å². The van der Waals surface area contributed by atoms with Crippen LogP contribution in [0.4, 0.5) is 4.79 Å². The van der Waals surface area contributed by atoms with Crippen molar-refractivity contribution in [3.8, 4) is 0 Å². The van der Waals surface area contributed by atoms with Crippen molar-refractivity contribution in [2.75, 3.05) is 6.61 Å². The smallest absolute Gasteiger partial charge is 0.414 e. The van der Waals surface area contributed by atoms with Gasteiger partial charge in [0.05, 0.1) is 6.04 Å². The van der Waals surface area contributed by atoms with Crippen molar-refractivity contribution in [1.82, 2.24) is 4.90 Å². The van der Waals surface area contributed by atoms with Gasteiger partial charge in [-0.25, -0.2) is 4.79 Å². The largest absolute Gasteiger partial charge is 0.447 e. The maximum atomic E-state index is 12.9. The van der Waals surface area contributed by atoms with Gasteiger partial charge in [0, 0.05) is 17.5 Å². The molecule has 4 atom stereocenters. The first-order chi connectivity index (χ1) is 14.6. The van der Waals surface area contributed by atoms with Crippen LogP contribution >= 0.6 is 0 Å². The molecule has 0 unspecified atom stereocenters.